The number of rotatable bonds is 4. The van der Waals surface area contributed by atoms with Crippen LogP contribution in [0.1, 0.15) is 31.2 Å². The quantitative estimate of drug-likeness (QED) is 0.856. The fourth-order valence-corrected chi connectivity index (χ4v) is 5.40. The van der Waals surface area contributed by atoms with Crippen LogP contribution >= 0.6 is 0 Å². The maximum atomic E-state index is 12.7. The maximum Gasteiger partial charge on any atom is 0.416 e. The highest BCUT2D eigenvalue weighted by atomic mass is 32.2. The minimum atomic E-state index is -4.37. The van der Waals surface area contributed by atoms with Crippen molar-refractivity contribution >= 4 is 10.0 Å². The third kappa shape index (κ3) is 4.50. The second-order valence-corrected chi connectivity index (χ2v) is 8.95. The van der Waals surface area contributed by atoms with Crippen molar-refractivity contribution in [3.8, 4) is 5.75 Å². The van der Waals surface area contributed by atoms with Crippen LogP contribution in [0.5, 0.6) is 5.75 Å². The van der Waals surface area contributed by atoms with E-state index in [0.717, 1.165) is 25.2 Å². The molecule has 0 saturated carbocycles. The van der Waals surface area contributed by atoms with Gasteiger partial charge in [-0.1, -0.05) is 0 Å². The van der Waals surface area contributed by atoms with Crippen molar-refractivity contribution in [2.24, 2.45) is 0 Å². The highest BCUT2D eigenvalue weighted by molar-refractivity contribution is 7.89. The summed E-state index contributed by atoms with van der Waals surface area (Å²) >= 11 is 0. The van der Waals surface area contributed by atoms with Crippen molar-refractivity contribution in [2.45, 2.75) is 43.2 Å². The Balaban J connectivity index is 1.53. The zero-order valence-electron chi connectivity index (χ0n) is 14.3. The van der Waals surface area contributed by atoms with Crippen molar-refractivity contribution in [1.82, 2.24) is 9.62 Å². The van der Waals surface area contributed by atoms with Gasteiger partial charge in [-0.15, -0.1) is 0 Å². The van der Waals surface area contributed by atoms with E-state index in [4.69, 9.17) is 4.74 Å². The zero-order valence-corrected chi connectivity index (χ0v) is 15.2. The average molecular weight is 392 g/mol. The van der Waals surface area contributed by atoms with Gasteiger partial charge >= 0.3 is 6.18 Å². The Bertz CT molecular complexity index is 693. The van der Waals surface area contributed by atoms with E-state index in [1.54, 1.807) is 0 Å². The van der Waals surface area contributed by atoms with Crippen LogP contribution < -0.4 is 10.1 Å². The second-order valence-electron chi connectivity index (χ2n) is 6.73. The summed E-state index contributed by atoms with van der Waals surface area (Å²) in [6.07, 6.45) is -2.23. The number of benzene rings is 1. The molecule has 26 heavy (non-hydrogen) atoms. The van der Waals surface area contributed by atoms with Crippen LogP contribution in [0.4, 0.5) is 13.2 Å². The van der Waals surface area contributed by atoms with Crippen LogP contribution in [0.3, 0.4) is 0 Å². The van der Waals surface area contributed by atoms with Crippen molar-refractivity contribution < 1.29 is 26.3 Å². The normalized spacial score (nSPS) is 21.7. The van der Waals surface area contributed by atoms with Crippen LogP contribution in [0.15, 0.2) is 24.3 Å². The first-order valence-corrected chi connectivity index (χ1v) is 10.3. The summed E-state index contributed by atoms with van der Waals surface area (Å²) in [5.41, 5.74) is -0.715. The molecule has 1 aromatic carbocycles. The molecule has 0 unspecified atom stereocenters. The summed E-state index contributed by atoms with van der Waals surface area (Å²) in [5.74, 6) is 0.373. The second kappa shape index (κ2) is 7.74. The van der Waals surface area contributed by atoms with Crippen LogP contribution in [0.25, 0.3) is 0 Å². The summed E-state index contributed by atoms with van der Waals surface area (Å²) in [6, 6.07) is 4.60. The molecule has 2 aliphatic heterocycles. The minimum Gasteiger partial charge on any atom is -0.490 e. The van der Waals surface area contributed by atoms with E-state index in [2.05, 4.69) is 5.32 Å². The maximum absolute atomic E-state index is 12.7. The third-order valence-electron chi connectivity index (χ3n) is 4.95. The van der Waals surface area contributed by atoms with Gasteiger partial charge in [0.15, 0.2) is 0 Å². The molecule has 5 nitrogen and oxygen atoms in total. The summed E-state index contributed by atoms with van der Waals surface area (Å²) in [4.78, 5) is 0. The zero-order chi connectivity index (χ0) is 18.8. The van der Waals surface area contributed by atoms with E-state index in [1.165, 1.54) is 16.4 Å². The number of nitrogens with zero attached hydrogens (tertiary/aromatic N) is 1. The monoisotopic (exact) mass is 392 g/mol. The Hall–Kier alpha value is -1.32. The molecule has 9 heteroatoms. The van der Waals surface area contributed by atoms with Crippen LogP contribution in [0.2, 0.25) is 0 Å². The van der Waals surface area contributed by atoms with E-state index >= 15 is 0 Å². The van der Waals surface area contributed by atoms with Crippen molar-refractivity contribution in [1.29, 1.82) is 0 Å². The summed E-state index contributed by atoms with van der Waals surface area (Å²) < 4.78 is 70.4. The molecule has 0 aromatic heterocycles. The molecule has 146 valence electrons. The first-order valence-electron chi connectivity index (χ1n) is 8.80. The molecule has 0 aliphatic carbocycles. The molecule has 2 saturated heterocycles. The number of halogens is 3. The summed E-state index contributed by atoms with van der Waals surface area (Å²) in [5, 5.41) is 2.84. The number of hydrogen-bond acceptors (Lipinski definition) is 4. The van der Waals surface area contributed by atoms with Crippen molar-refractivity contribution in [2.75, 3.05) is 26.2 Å². The van der Waals surface area contributed by atoms with E-state index in [0.29, 0.717) is 44.5 Å². The SMILES string of the molecule is O=S(=O)(C1CCNCC1)N1CCC(Oc2ccc(C(F)(F)F)cc2)CC1. The van der Waals surface area contributed by atoms with Gasteiger partial charge in [-0.3, -0.25) is 0 Å². The standard InChI is InChI=1S/C17H23F3N2O3S/c18-17(19,20)13-1-3-14(4-2-13)25-15-7-11-22(12-8-15)26(23,24)16-5-9-21-10-6-16/h1-4,15-16,21H,5-12H2. The van der Waals surface area contributed by atoms with E-state index < -0.39 is 21.8 Å². The molecule has 2 heterocycles. The predicted octanol–water partition coefficient (Wildman–Crippen LogP) is 2.63. The summed E-state index contributed by atoms with van der Waals surface area (Å²) in [6.45, 7) is 2.21. The molecular formula is C17H23F3N2O3S. The van der Waals surface area contributed by atoms with Gasteiger partial charge in [0.2, 0.25) is 10.0 Å². The largest absolute Gasteiger partial charge is 0.490 e. The van der Waals surface area contributed by atoms with E-state index in [1.807, 2.05) is 0 Å². The molecule has 2 aliphatic rings. The lowest BCUT2D eigenvalue weighted by atomic mass is 10.1. The first-order chi connectivity index (χ1) is 12.3. The molecule has 1 aromatic rings. The summed E-state index contributed by atoms with van der Waals surface area (Å²) in [7, 11) is -3.29. The first kappa shape index (κ1) is 19.4. The van der Waals surface area contributed by atoms with Crippen LogP contribution in [0, 0.1) is 0 Å². The van der Waals surface area contributed by atoms with Gasteiger partial charge in [0, 0.05) is 13.1 Å². The lowest BCUT2D eigenvalue weighted by Gasteiger charge is -2.35. The smallest absolute Gasteiger partial charge is 0.416 e. The lowest BCUT2D eigenvalue weighted by molar-refractivity contribution is -0.137. The number of nitrogens with one attached hydrogen (secondary N) is 1. The molecule has 2 fully saturated rings. The molecule has 0 bridgehead atoms. The third-order valence-corrected chi connectivity index (χ3v) is 7.35. The average Bonchev–Trinajstić information content (AvgIpc) is 2.63. The Morgan fingerprint density at radius 3 is 2.12 bits per heavy atom. The Kier molecular flexibility index (Phi) is 5.78. The van der Waals surface area contributed by atoms with E-state index in [-0.39, 0.29) is 11.4 Å². The fraction of sp³-hybridized carbons (Fsp3) is 0.647. The van der Waals surface area contributed by atoms with Gasteiger partial charge in [0.05, 0.1) is 10.8 Å². The fourth-order valence-electron chi connectivity index (χ4n) is 3.42. The Morgan fingerprint density at radius 1 is 1.00 bits per heavy atom. The van der Waals surface area contributed by atoms with Gasteiger partial charge in [-0.25, -0.2) is 12.7 Å². The highest BCUT2D eigenvalue weighted by Crippen LogP contribution is 2.31. The Morgan fingerprint density at radius 2 is 1.58 bits per heavy atom. The molecule has 0 amide bonds. The number of piperidine rings is 2. The number of alkyl halides is 3. The minimum absolute atomic E-state index is 0.189. The van der Waals surface area contributed by atoms with Crippen molar-refractivity contribution in [3.05, 3.63) is 29.8 Å². The van der Waals surface area contributed by atoms with Gasteiger partial charge in [-0.05, 0) is 63.0 Å². The van der Waals surface area contributed by atoms with Crippen LogP contribution in [-0.4, -0.2) is 50.3 Å². The van der Waals surface area contributed by atoms with Gasteiger partial charge < -0.3 is 10.1 Å². The van der Waals surface area contributed by atoms with Gasteiger partial charge in [0.1, 0.15) is 11.9 Å². The molecule has 0 atom stereocenters. The van der Waals surface area contributed by atoms with Gasteiger partial charge in [-0.2, -0.15) is 13.2 Å². The number of hydrogen-bond donors (Lipinski definition) is 1. The molecule has 0 spiro atoms. The highest BCUT2D eigenvalue weighted by Gasteiger charge is 2.35. The molecule has 3 rings (SSSR count). The molecule has 1 N–H and O–H groups in total. The van der Waals surface area contributed by atoms with Crippen LogP contribution in [-0.2, 0) is 16.2 Å². The van der Waals surface area contributed by atoms with Gasteiger partial charge in [0.25, 0.3) is 0 Å². The Labute approximate surface area is 151 Å². The number of sulfonamides is 1. The number of ether oxygens (including phenoxy) is 1. The van der Waals surface area contributed by atoms with Crippen molar-refractivity contribution in [3.63, 3.8) is 0 Å². The molecular weight excluding hydrogens is 369 g/mol. The lowest BCUT2D eigenvalue weighted by Crippen LogP contribution is -2.48. The molecule has 0 radical (unpaired) electrons. The van der Waals surface area contributed by atoms with E-state index in [9.17, 15) is 21.6 Å². The predicted molar refractivity (Wildman–Crippen MR) is 91.5 cm³/mol. The topological polar surface area (TPSA) is 58.6 Å².